The molecule has 1 saturated carbocycles. The van der Waals surface area contributed by atoms with Gasteiger partial charge in [-0.25, -0.2) is 0 Å². The van der Waals surface area contributed by atoms with Gasteiger partial charge >= 0.3 is 5.97 Å². The van der Waals surface area contributed by atoms with Crippen LogP contribution in [0.1, 0.15) is 60.7 Å². The fourth-order valence-corrected chi connectivity index (χ4v) is 4.35. The number of fused-ring (bicyclic) bond motifs is 1. The van der Waals surface area contributed by atoms with Gasteiger partial charge in [-0.05, 0) is 48.8 Å². The summed E-state index contributed by atoms with van der Waals surface area (Å²) < 4.78 is 6.44. The number of carbonyl (C=O) groups is 3. The average Bonchev–Trinajstić information content (AvgIpc) is 2.79. The molecule has 5 nitrogen and oxygen atoms in total. The topological polar surface area (TPSA) is 63.7 Å². The Morgan fingerprint density at radius 3 is 2.62 bits per heavy atom. The zero-order valence-corrected chi connectivity index (χ0v) is 16.9. The predicted molar refractivity (Wildman–Crippen MR) is 101 cm³/mol. The van der Waals surface area contributed by atoms with E-state index in [0.717, 1.165) is 28.6 Å². The number of amides is 2. The Morgan fingerprint density at radius 2 is 1.92 bits per heavy atom. The highest BCUT2D eigenvalue weighted by Crippen LogP contribution is 2.35. The second-order valence-electron chi connectivity index (χ2n) is 7.74. The first-order valence-corrected chi connectivity index (χ1v) is 9.92. The first kappa shape index (κ1) is 19.1. The van der Waals surface area contributed by atoms with Crippen LogP contribution in [-0.4, -0.2) is 35.3 Å². The van der Waals surface area contributed by atoms with Crippen LogP contribution in [0, 0.1) is 17.8 Å². The molecule has 3 atom stereocenters. The van der Waals surface area contributed by atoms with Gasteiger partial charge in [0.2, 0.25) is 0 Å². The molecule has 1 fully saturated rings. The maximum Gasteiger partial charge on any atom is 0.326 e. The molecule has 26 heavy (non-hydrogen) atoms. The number of hydrogen-bond acceptors (Lipinski definition) is 4. The Hall–Kier alpha value is -1.69. The van der Waals surface area contributed by atoms with E-state index in [1.54, 1.807) is 18.2 Å². The fraction of sp³-hybridized carbons (Fsp3) is 0.550. The molecule has 0 saturated heterocycles. The van der Waals surface area contributed by atoms with Crippen molar-refractivity contribution in [3.05, 3.63) is 33.8 Å². The number of nitrogens with zero attached hydrogens (tertiary/aromatic N) is 1. The van der Waals surface area contributed by atoms with Gasteiger partial charge in [-0.1, -0.05) is 43.1 Å². The second-order valence-corrected chi connectivity index (χ2v) is 8.66. The van der Waals surface area contributed by atoms with Gasteiger partial charge in [0, 0.05) is 4.47 Å². The highest BCUT2D eigenvalue weighted by Gasteiger charge is 2.39. The number of hydrogen-bond donors (Lipinski definition) is 0. The van der Waals surface area contributed by atoms with Crippen LogP contribution < -0.4 is 0 Å². The lowest BCUT2D eigenvalue weighted by atomic mass is 9.75. The summed E-state index contributed by atoms with van der Waals surface area (Å²) in [5, 5.41) is 0. The third-order valence-corrected chi connectivity index (χ3v) is 5.96. The van der Waals surface area contributed by atoms with Crippen molar-refractivity contribution in [3.8, 4) is 0 Å². The zero-order valence-electron chi connectivity index (χ0n) is 15.3. The van der Waals surface area contributed by atoms with Crippen LogP contribution in [0.25, 0.3) is 0 Å². The molecule has 2 aliphatic rings. The minimum absolute atomic E-state index is 0.143. The normalized spacial score (nSPS) is 25.6. The van der Waals surface area contributed by atoms with E-state index in [1.807, 2.05) is 0 Å². The number of carbonyl (C=O) groups excluding carboxylic acids is 3. The molecule has 0 spiro atoms. The van der Waals surface area contributed by atoms with E-state index in [4.69, 9.17) is 4.74 Å². The molecule has 0 N–H and O–H groups in total. The predicted octanol–water partition coefficient (Wildman–Crippen LogP) is 4.05. The third-order valence-electron chi connectivity index (χ3n) is 5.46. The lowest BCUT2D eigenvalue weighted by molar-refractivity contribution is -0.156. The maximum atomic E-state index is 12.5. The third kappa shape index (κ3) is 3.70. The smallest absolute Gasteiger partial charge is 0.326 e. The van der Waals surface area contributed by atoms with Crippen LogP contribution in [-0.2, 0) is 9.53 Å². The minimum Gasteiger partial charge on any atom is -0.461 e. The number of halogens is 1. The summed E-state index contributed by atoms with van der Waals surface area (Å²) in [6.07, 6.45) is 2.88. The van der Waals surface area contributed by atoms with Gasteiger partial charge in [-0.2, -0.15) is 0 Å². The molecule has 0 bridgehead atoms. The van der Waals surface area contributed by atoms with E-state index in [0.29, 0.717) is 28.9 Å². The minimum atomic E-state index is -0.511. The summed E-state index contributed by atoms with van der Waals surface area (Å²) in [7, 11) is 0. The van der Waals surface area contributed by atoms with Crippen molar-refractivity contribution in [2.75, 3.05) is 6.54 Å². The largest absolute Gasteiger partial charge is 0.461 e. The molecule has 1 heterocycles. The summed E-state index contributed by atoms with van der Waals surface area (Å²) in [4.78, 5) is 38.4. The number of esters is 1. The number of imide groups is 1. The van der Waals surface area contributed by atoms with E-state index in [9.17, 15) is 14.4 Å². The molecule has 1 aromatic rings. The average molecular weight is 422 g/mol. The molecular weight excluding hydrogens is 398 g/mol. The van der Waals surface area contributed by atoms with Gasteiger partial charge < -0.3 is 4.74 Å². The number of benzene rings is 1. The van der Waals surface area contributed by atoms with Crippen LogP contribution in [0.4, 0.5) is 0 Å². The molecule has 0 unspecified atom stereocenters. The van der Waals surface area contributed by atoms with Gasteiger partial charge in [-0.3, -0.25) is 19.3 Å². The van der Waals surface area contributed by atoms with Crippen molar-refractivity contribution in [2.45, 2.75) is 46.1 Å². The van der Waals surface area contributed by atoms with E-state index in [-0.39, 0.29) is 12.6 Å². The maximum absolute atomic E-state index is 12.5. The lowest BCUT2D eigenvalue weighted by Crippen LogP contribution is -2.40. The Morgan fingerprint density at radius 1 is 1.23 bits per heavy atom. The van der Waals surface area contributed by atoms with Crippen LogP contribution in [0.3, 0.4) is 0 Å². The first-order valence-electron chi connectivity index (χ1n) is 9.13. The molecule has 6 heteroatoms. The molecule has 0 radical (unpaired) electrons. The summed E-state index contributed by atoms with van der Waals surface area (Å²) in [6, 6.07) is 4.92. The van der Waals surface area contributed by atoms with Crippen LogP contribution in [0.15, 0.2) is 22.7 Å². The van der Waals surface area contributed by atoms with Gasteiger partial charge in [-0.15, -0.1) is 0 Å². The van der Waals surface area contributed by atoms with Crippen molar-refractivity contribution in [1.82, 2.24) is 4.90 Å². The highest BCUT2D eigenvalue weighted by molar-refractivity contribution is 9.10. The fourth-order valence-electron chi connectivity index (χ4n) is 3.99. The van der Waals surface area contributed by atoms with E-state index >= 15 is 0 Å². The molecule has 2 amide bonds. The van der Waals surface area contributed by atoms with E-state index in [2.05, 4.69) is 36.7 Å². The Labute approximate surface area is 162 Å². The quantitative estimate of drug-likeness (QED) is 0.543. The van der Waals surface area contributed by atoms with Crippen molar-refractivity contribution < 1.29 is 19.1 Å². The van der Waals surface area contributed by atoms with Crippen molar-refractivity contribution in [1.29, 1.82) is 0 Å². The molecule has 1 aliphatic heterocycles. The molecule has 0 aromatic heterocycles. The standard InChI is InChI=1S/C20H24BrNO4/c1-11(2)14-6-4-12(3)8-17(14)26-18(23)10-22-19(24)15-7-5-13(21)9-16(15)20(22)25/h5,7,9,11-12,14,17H,4,6,8,10H2,1-3H3/t12-,14+,17+/m0/s1. The van der Waals surface area contributed by atoms with Crippen LogP contribution >= 0.6 is 15.9 Å². The van der Waals surface area contributed by atoms with Crippen LogP contribution in [0.2, 0.25) is 0 Å². The Bertz CT molecular complexity index is 745. The van der Waals surface area contributed by atoms with Crippen molar-refractivity contribution >= 4 is 33.7 Å². The van der Waals surface area contributed by atoms with Crippen molar-refractivity contribution in [3.63, 3.8) is 0 Å². The number of rotatable bonds is 4. The first-order chi connectivity index (χ1) is 12.3. The molecular formula is C20H24BrNO4. The van der Waals surface area contributed by atoms with E-state index in [1.165, 1.54) is 0 Å². The van der Waals surface area contributed by atoms with Gasteiger partial charge in [0.15, 0.2) is 0 Å². The zero-order chi connectivity index (χ0) is 19.0. The summed E-state index contributed by atoms with van der Waals surface area (Å²) in [6.45, 7) is 6.12. The second kappa shape index (κ2) is 7.51. The van der Waals surface area contributed by atoms with Crippen molar-refractivity contribution in [2.24, 2.45) is 17.8 Å². The lowest BCUT2D eigenvalue weighted by Gasteiger charge is -2.36. The molecule has 3 rings (SSSR count). The summed E-state index contributed by atoms with van der Waals surface area (Å²) in [5.74, 6) is -0.124. The molecule has 140 valence electrons. The van der Waals surface area contributed by atoms with Gasteiger partial charge in [0.1, 0.15) is 12.6 Å². The Kier molecular flexibility index (Phi) is 5.51. The van der Waals surface area contributed by atoms with Gasteiger partial charge in [0.05, 0.1) is 11.1 Å². The summed E-state index contributed by atoms with van der Waals surface area (Å²) >= 11 is 3.30. The SMILES string of the molecule is CC(C)[C@H]1CC[C@H](C)C[C@H]1OC(=O)CN1C(=O)c2ccc(Br)cc2C1=O. The summed E-state index contributed by atoms with van der Waals surface area (Å²) in [5.41, 5.74) is 0.654. The molecule has 1 aromatic carbocycles. The van der Waals surface area contributed by atoms with Gasteiger partial charge in [0.25, 0.3) is 11.8 Å². The highest BCUT2D eigenvalue weighted by atomic mass is 79.9. The number of ether oxygens (including phenoxy) is 1. The van der Waals surface area contributed by atoms with E-state index < -0.39 is 17.8 Å². The van der Waals surface area contributed by atoms with Crippen LogP contribution in [0.5, 0.6) is 0 Å². The Balaban J connectivity index is 1.68. The molecule has 1 aliphatic carbocycles. The monoisotopic (exact) mass is 421 g/mol.